The van der Waals surface area contributed by atoms with Crippen LogP contribution < -0.4 is 10.1 Å². The number of nitrogens with one attached hydrogen (secondary N) is 1. The Bertz CT molecular complexity index is 690. The van der Waals surface area contributed by atoms with Crippen molar-refractivity contribution < 1.29 is 14.6 Å². The van der Waals surface area contributed by atoms with Gasteiger partial charge < -0.3 is 15.2 Å². The minimum absolute atomic E-state index is 0.233. The second-order valence-corrected chi connectivity index (χ2v) is 4.35. The quantitative estimate of drug-likeness (QED) is 0.899. The third kappa shape index (κ3) is 4.21. The molecule has 0 radical (unpaired) electrons. The van der Waals surface area contributed by atoms with Crippen LogP contribution in [0.2, 0.25) is 0 Å². The number of pyridine rings is 1. The third-order valence-corrected chi connectivity index (χ3v) is 2.65. The van der Waals surface area contributed by atoms with Gasteiger partial charge in [-0.05, 0) is 30.7 Å². The van der Waals surface area contributed by atoms with E-state index < -0.39 is 6.09 Å². The molecule has 1 heterocycles. The van der Waals surface area contributed by atoms with Crippen molar-refractivity contribution in [2.24, 2.45) is 0 Å². The first-order chi connectivity index (χ1) is 10.1. The van der Waals surface area contributed by atoms with E-state index in [1.165, 1.54) is 0 Å². The molecular formula is C15H13N3O3. The van der Waals surface area contributed by atoms with Crippen LogP contribution in [0.3, 0.4) is 0 Å². The summed E-state index contributed by atoms with van der Waals surface area (Å²) in [4.78, 5) is 14.6. The van der Waals surface area contributed by atoms with E-state index >= 15 is 0 Å². The molecule has 0 fully saturated rings. The van der Waals surface area contributed by atoms with Gasteiger partial charge in [-0.25, -0.2) is 9.78 Å². The third-order valence-electron chi connectivity index (χ3n) is 2.65. The Kier molecular flexibility index (Phi) is 4.36. The lowest BCUT2D eigenvalue weighted by atomic mass is 10.2. The van der Waals surface area contributed by atoms with Crippen molar-refractivity contribution in [3.8, 4) is 17.7 Å². The fourth-order valence-electron chi connectivity index (χ4n) is 1.73. The Hall–Kier alpha value is -3.07. The summed E-state index contributed by atoms with van der Waals surface area (Å²) in [5, 5.41) is 19.7. The molecule has 0 aliphatic carbocycles. The van der Waals surface area contributed by atoms with Gasteiger partial charge in [0, 0.05) is 18.3 Å². The van der Waals surface area contributed by atoms with Crippen LogP contribution in [0.25, 0.3) is 0 Å². The first-order valence-corrected chi connectivity index (χ1v) is 6.19. The predicted molar refractivity (Wildman–Crippen MR) is 75.1 cm³/mol. The van der Waals surface area contributed by atoms with Crippen molar-refractivity contribution in [3.63, 3.8) is 0 Å². The number of benzene rings is 1. The average Bonchev–Trinajstić information content (AvgIpc) is 2.46. The first kappa shape index (κ1) is 14.3. The van der Waals surface area contributed by atoms with Gasteiger partial charge in [0.2, 0.25) is 5.88 Å². The lowest BCUT2D eigenvalue weighted by molar-refractivity contribution is 0.194. The minimum atomic E-state index is -1.07. The highest BCUT2D eigenvalue weighted by Gasteiger charge is 2.03. The molecule has 0 atom stereocenters. The molecule has 0 spiro atoms. The van der Waals surface area contributed by atoms with Crippen LogP contribution in [0.4, 0.5) is 4.79 Å². The second kappa shape index (κ2) is 6.39. The Morgan fingerprint density at radius 3 is 2.71 bits per heavy atom. The van der Waals surface area contributed by atoms with Gasteiger partial charge in [-0.15, -0.1) is 0 Å². The zero-order valence-corrected chi connectivity index (χ0v) is 11.3. The minimum Gasteiger partial charge on any atom is -0.465 e. The number of nitriles is 1. The SMILES string of the molecule is Cc1cc(C#N)cc(Oc2ccc(CNC(=O)O)cc2)n1. The van der Waals surface area contributed by atoms with Gasteiger partial charge in [-0.1, -0.05) is 12.1 Å². The lowest BCUT2D eigenvalue weighted by Gasteiger charge is -2.07. The zero-order valence-electron chi connectivity index (χ0n) is 11.3. The second-order valence-electron chi connectivity index (χ2n) is 4.35. The maximum Gasteiger partial charge on any atom is 0.404 e. The Labute approximate surface area is 121 Å². The van der Waals surface area contributed by atoms with Gasteiger partial charge in [-0.2, -0.15) is 5.26 Å². The Balaban J connectivity index is 2.08. The molecule has 0 aliphatic rings. The zero-order chi connectivity index (χ0) is 15.2. The smallest absolute Gasteiger partial charge is 0.404 e. The van der Waals surface area contributed by atoms with Crippen LogP contribution in [0.5, 0.6) is 11.6 Å². The van der Waals surface area contributed by atoms with Crippen LogP contribution in [-0.4, -0.2) is 16.2 Å². The summed E-state index contributed by atoms with van der Waals surface area (Å²) in [6, 6.07) is 12.2. The largest absolute Gasteiger partial charge is 0.465 e. The summed E-state index contributed by atoms with van der Waals surface area (Å²) in [5.41, 5.74) is 2.01. The number of amides is 1. The summed E-state index contributed by atoms with van der Waals surface area (Å²) in [5.74, 6) is 0.916. The summed E-state index contributed by atoms with van der Waals surface area (Å²) in [6.45, 7) is 2.02. The molecule has 1 aromatic heterocycles. The van der Waals surface area contributed by atoms with Crippen LogP contribution in [0.15, 0.2) is 36.4 Å². The summed E-state index contributed by atoms with van der Waals surface area (Å²) in [6.07, 6.45) is -1.07. The number of carboxylic acid groups (broad SMARTS) is 1. The van der Waals surface area contributed by atoms with E-state index in [9.17, 15) is 4.79 Å². The van der Waals surface area contributed by atoms with Crippen molar-refractivity contribution in [1.29, 1.82) is 5.26 Å². The monoisotopic (exact) mass is 283 g/mol. The molecule has 0 bridgehead atoms. The fraction of sp³-hybridized carbons (Fsp3) is 0.133. The van der Waals surface area contributed by atoms with E-state index in [1.54, 1.807) is 43.3 Å². The molecule has 6 heteroatoms. The van der Waals surface area contributed by atoms with Crippen LogP contribution in [0.1, 0.15) is 16.8 Å². The molecular weight excluding hydrogens is 270 g/mol. The average molecular weight is 283 g/mol. The molecule has 0 unspecified atom stereocenters. The molecule has 106 valence electrons. The molecule has 0 saturated carbocycles. The highest BCUT2D eigenvalue weighted by Crippen LogP contribution is 2.21. The molecule has 1 aromatic carbocycles. The number of aryl methyl sites for hydroxylation is 1. The number of carbonyl (C=O) groups is 1. The molecule has 1 amide bonds. The molecule has 0 saturated heterocycles. The predicted octanol–water partition coefficient (Wildman–Crippen LogP) is 2.82. The van der Waals surface area contributed by atoms with Crippen molar-refractivity contribution in [1.82, 2.24) is 10.3 Å². The highest BCUT2D eigenvalue weighted by molar-refractivity contribution is 5.64. The first-order valence-electron chi connectivity index (χ1n) is 6.19. The summed E-state index contributed by atoms with van der Waals surface area (Å²) in [7, 11) is 0. The Morgan fingerprint density at radius 1 is 1.38 bits per heavy atom. The number of nitrogens with zero attached hydrogens (tertiary/aromatic N) is 2. The van der Waals surface area contributed by atoms with Crippen molar-refractivity contribution in [2.45, 2.75) is 13.5 Å². The fourth-order valence-corrected chi connectivity index (χ4v) is 1.73. The highest BCUT2D eigenvalue weighted by atomic mass is 16.5. The normalized spacial score (nSPS) is 9.71. The van der Waals surface area contributed by atoms with E-state index in [2.05, 4.69) is 10.3 Å². The van der Waals surface area contributed by atoms with E-state index in [1.807, 2.05) is 6.07 Å². The number of rotatable bonds is 4. The van der Waals surface area contributed by atoms with E-state index in [0.717, 1.165) is 5.56 Å². The maximum atomic E-state index is 10.4. The molecule has 2 rings (SSSR count). The van der Waals surface area contributed by atoms with Crippen LogP contribution in [0, 0.1) is 18.3 Å². The molecule has 21 heavy (non-hydrogen) atoms. The van der Waals surface area contributed by atoms with Crippen LogP contribution >= 0.6 is 0 Å². The standard InChI is InChI=1S/C15H13N3O3/c1-10-6-12(8-16)7-14(18-10)21-13-4-2-11(3-5-13)9-17-15(19)20/h2-7,17H,9H2,1H3,(H,19,20). The molecule has 2 N–H and O–H groups in total. The van der Waals surface area contributed by atoms with Gasteiger partial charge >= 0.3 is 6.09 Å². The van der Waals surface area contributed by atoms with Gasteiger partial charge in [0.15, 0.2) is 0 Å². The number of aromatic nitrogens is 1. The number of hydrogen-bond acceptors (Lipinski definition) is 4. The van der Waals surface area contributed by atoms with Gasteiger partial charge in [0.1, 0.15) is 5.75 Å². The van der Waals surface area contributed by atoms with E-state index in [0.29, 0.717) is 22.9 Å². The summed E-state index contributed by atoms with van der Waals surface area (Å²) >= 11 is 0. The molecule has 6 nitrogen and oxygen atoms in total. The van der Waals surface area contributed by atoms with E-state index in [4.69, 9.17) is 15.1 Å². The van der Waals surface area contributed by atoms with Crippen molar-refractivity contribution >= 4 is 6.09 Å². The lowest BCUT2D eigenvalue weighted by Crippen LogP contribution is -2.19. The Morgan fingerprint density at radius 2 is 2.10 bits per heavy atom. The molecule has 0 aliphatic heterocycles. The topological polar surface area (TPSA) is 95.2 Å². The van der Waals surface area contributed by atoms with Crippen molar-refractivity contribution in [3.05, 3.63) is 53.2 Å². The van der Waals surface area contributed by atoms with Gasteiger partial charge in [-0.3, -0.25) is 0 Å². The van der Waals surface area contributed by atoms with Gasteiger partial charge in [0.05, 0.1) is 11.6 Å². The molecule has 2 aromatic rings. The van der Waals surface area contributed by atoms with Crippen molar-refractivity contribution in [2.75, 3.05) is 0 Å². The number of ether oxygens (including phenoxy) is 1. The van der Waals surface area contributed by atoms with Gasteiger partial charge in [0.25, 0.3) is 0 Å². The van der Waals surface area contributed by atoms with Crippen LogP contribution in [-0.2, 0) is 6.54 Å². The maximum absolute atomic E-state index is 10.4. The number of hydrogen-bond donors (Lipinski definition) is 2. The summed E-state index contributed by atoms with van der Waals surface area (Å²) < 4.78 is 5.58. The van der Waals surface area contributed by atoms with E-state index in [-0.39, 0.29) is 6.54 Å².